The van der Waals surface area contributed by atoms with Gasteiger partial charge in [0.2, 0.25) is 5.91 Å². The van der Waals surface area contributed by atoms with Crippen LogP contribution in [0.25, 0.3) is 0 Å². The van der Waals surface area contributed by atoms with Crippen LogP contribution in [0.15, 0.2) is 0 Å². The standard InChI is InChI=1S/C22H35N3O5/c1-20(18(27)29-2,14-25-6-4-23-5-7-25)24-17(26)21-9-15-8-16(10-21)12-22(11-15,13-21)19(28)30-3/h15-16,23H,4-14H2,1-3H3,(H,24,26). The fourth-order valence-electron chi connectivity index (χ4n) is 7.06. The number of methoxy groups -OCH3 is 2. The van der Waals surface area contributed by atoms with Crippen molar-refractivity contribution in [2.24, 2.45) is 22.7 Å². The van der Waals surface area contributed by atoms with Crippen molar-refractivity contribution in [2.45, 2.75) is 51.0 Å². The second-order valence-corrected chi connectivity index (χ2v) is 10.3. The molecule has 5 rings (SSSR count). The average molecular weight is 422 g/mol. The van der Waals surface area contributed by atoms with Crippen LogP contribution in [0.5, 0.6) is 0 Å². The van der Waals surface area contributed by atoms with Crippen molar-refractivity contribution in [2.75, 3.05) is 46.9 Å². The minimum Gasteiger partial charge on any atom is -0.469 e. The van der Waals surface area contributed by atoms with Gasteiger partial charge in [-0.1, -0.05) is 0 Å². The Labute approximate surface area is 178 Å². The summed E-state index contributed by atoms with van der Waals surface area (Å²) in [4.78, 5) is 41.3. The monoisotopic (exact) mass is 421 g/mol. The summed E-state index contributed by atoms with van der Waals surface area (Å²) in [5, 5.41) is 6.40. The summed E-state index contributed by atoms with van der Waals surface area (Å²) in [5.41, 5.74) is -2.27. The predicted octanol–water partition coefficient (Wildman–Crippen LogP) is 0.699. The molecule has 1 aliphatic heterocycles. The van der Waals surface area contributed by atoms with Gasteiger partial charge in [0.1, 0.15) is 5.54 Å². The molecule has 3 atom stereocenters. The largest absolute Gasteiger partial charge is 0.469 e. The molecule has 0 radical (unpaired) electrons. The lowest BCUT2D eigenvalue weighted by Crippen LogP contribution is -2.66. The van der Waals surface area contributed by atoms with Gasteiger partial charge in [0.15, 0.2) is 0 Å². The Kier molecular flexibility index (Phi) is 5.60. The lowest BCUT2D eigenvalue weighted by atomic mass is 9.44. The van der Waals surface area contributed by atoms with Gasteiger partial charge in [0.25, 0.3) is 0 Å². The maximum Gasteiger partial charge on any atom is 0.332 e. The number of nitrogens with one attached hydrogen (secondary N) is 2. The highest BCUT2D eigenvalue weighted by molar-refractivity contribution is 5.92. The fraction of sp³-hybridized carbons (Fsp3) is 0.864. The number of hydrogen-bond donors (Lipinski definition) is 2. The first-order chi connectivity index (χ1) is 14.2. The molecule has 2 N–H and O–H groups in total. The fourth-order valence-corrected chi connectivity index (χ4v) is 7.06. The second kappa shape index (κ2) is 7.79. The van der Waals surface area contributed by atoms with Gasteiger partial charge in [-0.2, -0.15) is 0 Å². The van der Waals surface area contributed by atoms with Crippen molar-refractivity contribution >= 4 is 17.8 Å². The van der Waals surface area contributed by atoms with E-state index in [0.717, 1.165) is 58.3 Å². The van der Waals surface area contributed by atoms with Crippen LogP contribution in [0.2, 0.25) is 0 Å². The molecular weight excluding hydrogens is 386 g/mol. The molecule has 4 aliphatic carbocycles. The van der Waals surface area contributed by atoms with Crippen LogP contribution in [0.4, 0.5) is 0 Å². The van der Waals surface area contributed by atoms with Gasteiger partial charge in [-0.3, -0.25) is 14.5 Å². The molecule has 4 saturated carbocycles. The molecule has 168 valence electrons. The van der Waals surface area contributed by atoms with Crippen LogP contribution in [0.1, 0.15) is 45.4 Å². The number of amides is 1. The third-order valence-corrected chi connectivity index (χ3v) is 7.94. The molecule has 5 aliphatic rings. The average Bonchev–Trinajstić information content (AvgIpc) is 2.72. The smallest absolute Gasteiger partial charge is 0.332 e. The normalized spacial score (nSPS) is 37.3. The number of piperazine rings is 1. The number of ether oxygens (including phenoxy) is 2. The van der Waals surface area contributed by atoms with Gasteiger partial charge in [-0.05, 0) is 57.3 Å². The zero-order valence-corrected chi connectivity index (χ0v) is 18.4. The first-order valence-electron chi connectivity index (χ1n) is 11.2. The Hall–Kier alpha value is -1.67. The Morgan fingerprint density at radius 3 is 2.20 bits per heavy atom. The SMILES string of the molecule is COC(=O)C12CC3CC(CC(C(=O)NC(C)(CN4CCNCC4)C(=O)OC)(C3)C1)C2. The van der Waals surface area contributed by atoms with E-state index in [2.05, 4.69) is 15.5 Å². The molecule has 30 heavy (non-hydrogen) atoms. The van der Waals surface area contributed by atoms with E-state index in [1.807, 2.05) is 0 Å². The van der Waals surface area contributed by atoms with E-state index >= 15 is 0 Å². The van der Waals surface area contributed by atoms with Crippen molar-refractivity contribution in [1.29, 1.82) is 0 Å². The predicted molar refractivity (Wildman–Crippen MR) is 109 cm³/mol. The number of rotatable bonds is 6. The summed E-state index contributed by atoms with van der Waals surface area (Å²) in [6, 6.07) is 0. The van der Waals surface area contributed by atoms with E-state index in [1.165, 1.54) is 14.2 Å². The van der Waals surface area contributed by atoms with Gasteiger partial charge in [-0.25, -0.2) is 4.79 Å². The molecule has 4 bridgehead atoms. The Balaban J connectivity index is 1.56. The van der Waals surface area contributed by atoms with Crippen molar-refractivity contribution in [3.63, 3.8) is 0 Å². The van der Waals surface area contributed by atoms with E-state index < -0.39 is 22.3 Å². The van der Waals surface area contributed by atoms with Crippen LogP contribution >= 0.6 is 0 Å². The van der Waals surface area contributed by atoms with Crippen LogP contribution < -0.4 is 10.6 Å². The first-order valence-corrected chi connectivity index (χ1v) is 11.2. The number of nitrogens with zero attached hydrogens (tertiary/aromatic N) is 1. The molecule has 0 aromatic heterocycles. The molecule has 0 aromatic rings. The summed E-state index contributed by atoms with van der Waals surface area (Å²) in [7, 11) is 2.80. The summed E-state index contributed by atoms with van der Waals surface area (Å²) in [6.07, 6.45) is 4.83. The number of carbonyl (C=O) groups excluding carboxylic acids is 3. The van der Waals surface area contributed by atoms with Crippen LogP contribution in [-0.2, 0) is 23.9 Å². The van der Waals surface area contributed by atoms with Crippen molar-refractivity contribution in [1.82, 2.24) is 15.5 Å². The summed E-state index contributed by atoms with van der Waals surface area (Å²) in [6.45, 7) is 5.54. The Bertz CT molecular complexity index is 706. The van der Waals surface area contributed by atoms with Crippen LogP contribution in [-0.4, -0.2) is 75.2 Å². The maximum atomic E-state index is 13.7. The molecule has 0 aromatic carbocycles. The van der Waals surface area contributed by atoms with Crippen molar-refractivity contribution in [3.05, 3.63) is 0 Å². The molecule has 1 heterocycles. The topological polar surface area (TPSA) is 97.0 Å². The lowest BCUT2D eigenvalue weighted by molar-refractivity contribution is -0.183. The summed E-state index contributed by atoms with van der Waals surface area (Å²) in [5.74, 6) is 0.0299. The van der Waals surface area contributed by atoms with Crippen LogP contribution in [0, 0.1) is 22.7 Å². The van der Waals surface area contributed by atoms with Gasteiger partial charge < -0.3 is 20.1 Å². The van der Waals surface area contributed by atoms with E-state index in [9.17, 15) is 14.4 Å². The second-order valence-electron chi connectivity index (χ2n) is 10.3. The molecule has 5 fully saturated rings. The highest BCUT2D eigenvalue weighted by atomic mass is 16.5. The lowest BCUT2D eigenvalue weighted by Gasteiger charge is -2.60. The minimum atomic E-state index is -1.12. The molecule has 0 spiro atoms. The minimum absolute atomic E-state index is 0.104. The highest BCUT2D eigenvalue weighted by Crippen LogP contribution is 2.65. The molecular formula is C22H35N3O5. The summed E-state index contributed by atoms with van der Waals surface area (Å²) < 4.78 is 10.2. The highest BCUT2D eigenvalue weighted by Gasteiger charge is 2.64. The van der Waals surface area contributed by atoms with Crippen molar-refractivity contribution < 1.29 is 23.9 Å². The van der Waals surface area contributed by atoms with Gasteiger partial charge in [0, 0.05) is 32.7 Å². The van der Waals surface area contributed by atoms with E-state index in [1.54, 1.807) is 6.92 Å². The van der Waals surface area contributed by atoms with E-state index in [-0.39, 0.29) is 11.9 Å². The third kappa shape index (κ3) is 3.62. The Morgan fingerprint density at radius 2 is 1.63 bits per heavy atom. The first kappa shape index (κ1) is 21.6. The molecule has 8 nitrogen and oxygen atoms in total. The third-order valence-electron chi connectivity index (χ3n) is 7.94. The van der Waals surface area contributed by atoms with Gasteiger partial charge in [0.05, 0.1) is 25.0 Å². The maximum absolute atomic E-state index is 13.7. The van der Waals surface area contributed by atoms with Crippen LogP contribution in [0.3, 0.4) is 0 Å². The number of esters is 2. The van der Waals surface area contributed by atoms with Gasteiger partial charge in [-0.15, -0.1) is 0 Å². The van der Waals surface area contributed by atoms with E-state index in [0.29, 0.717) is 24.8 Å². The van der Waals surface area contributed by atoms with E-state index in [4.69, 9.17) is 9.47 Å². The molecule has 1 amide bonds. The summed E-state index contributed by atoms with van der Waals surface area (Å²) >= 11 is 0. The zero-order chi connectivity index (χ0) is 21.6. The quantitative estimate of drug-likeness (QED) is 0.610. The molecule has 3 unspecified atom stereocenters. The number of hydrogen-bond acceptors (Lipinski definition) is 7. The number of carbonyl (C=O) groups is 3. The molecule has 1 saturated heterocycles. The molecule has 8 heteroatoms. The van der Waals surface area contributed by atoms with Crippen molar-refractivity contribution in [3.8, 4) is 0 Å². The Morgan fingerprint density at radius 1 is 1.03 bits per heavy atom. The van der Waals surface area contributed by atoms with Gasteiger partial charge >= 0.3 is 11.9 Å². The zero-order valence-electron chi connectivity index (χ0n) is 18.4.